The molecule has 0 spiro atoms. The Balaban J connectivity index is 1.71. The number of rotatable bonds is 6. The van der Waals surface area contributed by atoms with Gasteiger partial charge in [0.2, 0.25) is 0 Å². The molecule has 170 valence electrons. The largest absolute Gasteiger partial charge is 0.416 e. The number of aliphatic hydroxyl groups is 1. The standard InChI is InChI=1S/C22H24F6N2O/c23-21(24,25)16-6-15(7-17(9-16)22(26,27)28)12-29-18-10-19(30-20(11-18)13-31)8-14-4-2-1-3-5-14/h1-7,9,18-20,29-31H,8,10-13H2. The van der Waals surface area contributed by atoms with Gasteiger partial charge < -0.3 is 15.7 Å². The van der Waals surface area contributed by atoms with Crippen molar-refractivity contribution >= 4 is 0 Å². The van der Waals surface area contributed by atoms with Gasteiger partial charge in [-0.2, -0.15) is 26.3 Å². The Kier molecular flexibility index (Phi) is 7.28. The first kappa shape index (κ1) is 23.6. The third kappa shape index (κ3) is 6.69. The molecule has 1 saturated heterocycles. The lowest BCUT2D eigenvalue weighted by Crippen LogP contribution is -2.53. The number of piperidine rings is 1. The summed E-state index contributed by atoms with van der Waals surface area (Å²) in [5, 5.41) is 16.0. The Morgan fingerprint density at radius 2 is 1.42 bits per heavy atom. The van der Waals surface area contributed by atoms with Crippen molar-refractivity contribution in [2.45, 2.75) is 56.3 Å². The smallest absolute Gasteiger partial charge is 0.395 e. The van der Waals surface area contributed by atoms with Crippen LogP contribution in [0.3, 0.4) is 0 Å². The fourth-order valence-electron chi connectivity index (χ4n) is 3.97. The van der Waals surface area contributed by atoms with Gasteiger partial charge in [-0.1, -0.05) is 30.3 Å². The molecule has 1 fully saturated rings. The first-order chi connectivity index (χ1) is 14.5. The molecule has 2 aromatic carbocycles. The van der Waals surface area contributed by atoms with Crippen LogP contribution in [0.5, 0.6) is 0 Å². The molecule has 0 radical (unpaired) electrons. The summed E-state index contributed by atoms with van der Waals surface area (Å²) in [5.41, 5.74) is -1.62. The summed E-state index contributed by atoms with van der Waals surface area (Å²) in [7, 11) is 0. The van der Waals surface area contributed by atoms with Crippen LogP contribution >= 0.6 is 0 Å². The van der Waals surface area contributed by atoms with Crippen LogP contribution in [0.1, 0.15) is 35.1 Å². The van der Waals surface area contributed by atoms with Crippen LogP contribution in [0.15, 0.2) is 48.5 Å². The highest BCUT2D eigenvalue weighted by Gasteiger charge is 2.37. The second kappa shape index (κ2) is 9.58. The molecule has 3 unspecified atom stereocenters. The van der Waals surface area contributed by atoms with E-state index in [-0.39, 0.29) is 42.9 Å². The molecule has 3 atom stereocenters. The monoisotopic (exact) mass is 446 g/mol. The lowest BCUT2D eigenvalue weighted by Gasteiger charge is -2.36. The van der Waals surface area contributed by atoms with Gasteiger partial charge in [0, 0.05) is 24.7 Å². The lowest BCUT2D eigenvalue weighted by molar-refractivity contribution is -0.143. The summed E-state index contributed by atoms with van der Waals surface area (Å²) in [4.78, 5) is 0. The second-order valence-corrected chi connectivity index (χ2v) is 7.90. The molecule has 0 amide bonds. The van der Waals surface area contributed by atoms with Crippen molar-refractivity contribution in [3.8, 4) is 0 Å². The molecule has 9 heteroatoms. The maximum Gasteiger partial charge on any atom is 0.416 e. The summed E-state index contributed by atoms with van der Waals surface area (Å²) in [6.07, 6.45) is -7.87. The molecule has 3 N–H and O–H groups in total. The van der Waals surface area contributed by atoms with E-state index in [0.29, 0.717) is 19.3 Å². The number of hydrogen-bond acceptors (Lipinski definition) is 3. The van der Waals surface area contributed by atoms with Gasteiger partial charge in [0.1, 0.15) is 0 Å². The fourth-order valence-corrected chi connectivity index (χ4v) is 3.97. The van der Waals surface area contributed by atoms with Gasteiger partial charge in [0.05, 0.1) is 17.7 Å². The molecule has 2 aromatic rings. The Bertz CT molecular complexity index is 821. The molecule has 0 aromatic heterocycles. The van der Waals surface area contributed by atoms with Crippen LogP contribution in [-0.2, 0) is 25.3 Å². The summed E-state index contributed by atoms with van der Waals surface area (Å²) in [6.45, 7) is -0.237. The average molecular weight is 446 g/mol. The minimum atomic E-state index is -4.87. The highest BCUT2D eigenvalue weighted by atomic mass is 19.4. The Hall–Kier alpha value is -2.10. The van der Waals surface area contributed by atoms with Crippen molar-refractivity contribution in [3.63, 3.8) is 0 Å². The minimum Gasteiger partial charge on any atom is -0.395 e. The van der Waals surface area contributed by atoms with Crippen LogP contribution in [0, 0.1) is 0 Å². The summed E-state index contributed by atoms with van der Waals surface area (Å²) in [6, 6.07) is 11.0. The van der Waals surface area contributed by atoms with Crippen LogP contribution < -0.4 is 10.6 Å². The predicted octanol–water partition coefficient (Wildman–Crippen LogP) is 4.54. The van der Waals surface area contributed by atoms with E-state index in [1.165, 1.54) is 0 Å². The van der Waals surface area contributed by atoms with E-state index >= 15 is 0 Å². The summed E-state index contributed by atoms with van der Waals surface area (Å²) >= 11 is 0. The van der Waals surface area contributed by atoms with Crippen molar-refractivity contribution in [2.75, 3.05) is 6.61 Å². The average Bonchev–Trinajstić information content (AvgIpc) is 2.71. The maximum atomic E-state index is 13.1. The molecule has 0 aliphatic carbocycles. The van der Waals surface area contributed by atoms with E-state index in [2.05, 4.69) is 10.6 Å². The van der Waals surface area contributed by atoms with E-state index in [1.54, 1.807) is 0 Å². The van der Waals surface area contributed by atoms with Crippen molar-refractivity contribution in [3.05, 3.63) is 70.8 Å². The van der Waals surface area contributed by atoms with Crippen molar-refractivity contribution in [2.24, 2.45) is 0 Å². The van der Waals surface area contributed by atoms with Crippen molar-refractivity contribution in [1.29, 1.82) is 0 Å². The minimum absolute atomic E-state index is 0.0260. The summed E-state index contributed by atoms with van der Waals surface area (Å²) < 4.78 is 78.4. The SMILES string of the molecule is OCC1CC(NCc2cc(C(F)(F)F)cc(C(F)(F)F)c2)CC(Cc2ccccc2)N1. The highest BCUT2D eigenvalue weighted by Crippen LogP contribution is 2.36. The lowest BCUT2D eigenvalue weighted by atomic mass is 9.90. The Morgan fingerprint density at radius 3 is 1.97 bits per heavy atom. The zero-order valence-corrected chi connectivity index (χ0v) is 16.6. The van der Waals surface area contributed by atoms with Gasteiger partial charge >= 0.3 is 12.4 Å². The molecule has 0 bridgehead atoms. The highest BCUT2D eigenvalue weighted by molar-refractivity contribution is 5.33. The Morgan fingerprint density at radius 1 is 0.839 bits per heavy atom. The fraction of sp³-hybridized carbons (Fsp3) is 0.455. The van der Waals surface area contributed by atoms with Crippen molar-refractivity contribution in [1.82, 2.24) is 10.6 Å². The van der Waals surface area contributed by atoms with E-state index in [0.717, 1.165) is 17.7 Å². The first-order valence-corrected chi connectivity index (χ1v) is 9.97. The van der Waals surface area contributed by atoms with Crippen molar-refractivity contribution < 1.29 is 31.4 Å². The quantitative estimate of drug-likeness (QED) is 0.571. The number of benzene rings is 2. The molecule has 3 rings (SSSR count). The van der Waals surface area contributed by atoms with Crippen LogP contribution in [0.4, 0.5) is 26.3 Å². The second-order valence-electron chi connectivity index (χ2n) is 7.90. The summed E-state index contributed by atoms with van der Waals surface area (Å²) in [5.74, 6) is 0. The third-order valence-corrected chi connectivity index (χ3v) is 5.40. The zero-order valence-electron chi connectivity index (χ0n) is 16.6. The molecule has 3 nitrogen and oxygen atoms in total. The van der Waals surface area contributed by atoms with Crippen LogP contribution in [-0.4, -0.2) is 29.8 Å². The molecule has 1 aliphatic heterocycles. The van der Waals surface area contributed by atoms with Crippen LogP contribution in [0.2, 0.25) is 0 Å². The number of halogens is 6. The maximum absolute atomic E-state index is 13.1. The van der Waals surface area contributed by atoms with Crippen LogP contribution in [0.25, 0.3) is 0 Å². The predicted molar refractivity (Wildman–Crippen MR) is 104 cm³/mol. The van der Waals surface area contributed by atoms with E-state index in [1.807, 2.05) is 30.3 Å². The number of alkyl halides is 6. The Labute approximate surface area is 176 Å². The van der Waals surface area contributed by atoms with Gasteiger partial charge in [-0.3, -0.25) is 0 Å². The van der Waals surface area contributed by atoms with Gasteiger partial charge in [0.15, 0.2) is 0 Å². The topological polar surface area (TPSA) is 44.3 Å². The zero-order chi connectivity index (χ0) is 22.6. The van der Waals surface area contributed by atoms with Gasteiger partial charge in [-0.25, -0.2) is 0 Å². The number of nitrogens with one attached hydrogen (secondary N) is 2. The normalized spacial score (nSPS) is 22.5. The molecule has 1 heterocycles. The molecular formula is C22H24F6N2O. The molecule has 31 heavy (non-hydrogen) atoms. The van der Waals surface area contributed by atoms with E-state index in [4.69, 9.17) is 0 Å². The molecule has 1 aliphatic rings. The molecular weight excluding hydrogens is 422 g/mol. The van der Waals surface area contributed by atoms with E-state index < -0.39 is 23.5 Å². The van der Waals surface area contributed by atoms with Gasteiger partial charge in [-0.15, -0.1) is 0 Å². The molecule has 0 saturated carbocycles. The third-order valence-electron chi connectivity index (χ3n) is 5.40. The first-order valence-electron chi connectivity index (χ1n) is 9.97. The van der Waals surface area contributed by atoms with E-state index in [9.17, 15) is 31.4 Å². The number of aliphatic hydroxyl groups excluding tert-OH is 1. The van der Waals surface area contributed by atoms with Gasteiger partial charge in [-0.05, 0) is 48.6 Å². The number of hydrogen-bond donors (Lipinski definition) is 3. The van der Waals surface area contributed by atoms with Gasteiger partial charge in [0.25, 0.3) is 0 Å².